The van der Waals surface area contributed by atoms with Crippen molar-refractivity contribution in [2.75, 3.05) is 14.2 Å². The normalized spacial score (nSPS) is 11.3. The molecule has 38 heavy (non-hydrogen) atoms. The topological polar surface area (TPSA) is 71.3 Å². The van der Waals surface area contributed by atoms with E-state index in [1.54, 1.807) is 31.3 Å². The molecule has 5 aromatic rings. The molecular formula is C31H29N4O3. The maximum atomic E-state index is 6.97. The molecule has 0 saturated carbocycles. The summed E-state index contributed by atoms with van der Waals surface area (Å²) in [6.07, 6.45) is 3.45. The van der Waals surface area contributed by atoms with Crippen LogP contribution < -0.4 is 9.47 Å². The lowest BCUT2D eigenvalue weighted by molar-refractivity contribution is -0.00474. The maximum absolute atomic E-state index is 6.97. The second kappa shape index (κ2) is 11.3. The van der Waals surface area contributed by atoms with E-state index in [4.69, 9.17) is 19.2 Å². The highest BCUT2D eigenvalue weighted by Gasteiger charge is 2.38. The number of hydrogen-bond donors (Lipinski definition) is 0. The van der Waals surface area contributed by atoms with Gasteiger partial charge in [0.1, 0.15) is 23.7 Å². The quantitative estimate of drug-likeness (QED) is 0.227. The minimum atomic E-state index is -0.950. The molecule has 0 aliphatic rings. The van der Waals surface area contributed by atoms with Gasteiger partial charge >= 0.3 is 0 Å². The second-order valence-electron chi connectivity index (χ2n) is 8.60. The molecule has 0 unspecified atom stereocenters. The third-order valence-electron chi connectivity index (χ3n) is 6.49. The van der Waals surface area contributed by atoms with Gasteiger partial charge in [-0.2, -0.15) is 5.10 Å². The highest BCUT2D eigenvalue weighted by atomic mass is 16.5. The van der Waals surface area contributed by atoms with Gasteiger partial charge in [-0.15, -0.1) is 0 Å². The van der Waals surface area contributed by atoms with E-state index in [2.05, 4.69) is 29.1 Å². The molecule has 0 spiro atoms. The predicted molar refractivity (Wildman–Crippen MR) is 146 cm³/mol. The van der Waals surface area contributed by atoms with E-state index in [1.807, 2.05) is 78.9 Å². The van der Waals surface area contributed by atoms with Gasteiger partial charge in [-0.05, 0) is 60.0 Å². The molecule has 3 aromatic carbocycles. The smallest absolute Gasteiger partial charge is 0.181 e. The first-order valence-corrected chi connectivity index (χ1v) is 12.3. The van der Waals surface area contributed by atoms with Crippen molar-refractivity contribution in [1.29, 1.82) is 0 Å². The van der Waals surface area contributed by atoms with Crippen molar-refractivity contribution in [2.24, 2.45) is 0 Å². The SMILES string of the molecule is [CH2]Cn1nc(-c2ccncc2)nc1COC(c1ccccc1)(c1ccc(OC)cc1)c1ccc(OC)cc1. The minimum absolute atomic E-state index is 0.195. The minimum Gasteiger partial charge on any atom is -0.497 e. The van der Waals surface area contributed by atoms with Gasteiger partial charge in [0.25, 0.3) is 0 Å². The number of hydrogen-bond acceptors (Lipinski definition) is 6. The fourth-order valence-corrected chi connectivity index (χ4v) is 4.53. The molecule has 0 atom stereocenters. The third kappa shape index (κ3) is 4.88. The van der Waals surface area contributed by atoms with Crippen molar-refractivity contribution >= 4 is 0 Å². The van der Waals surface area contributed by atoms with Crippen LogP contribution in [0.5, 0.6) is 11.5 Å². The fraction of sp³-hybridized carbons (Fsp3) is 0.161. The molecule has 2 heterocycles. The lowest BCUT2D eigenvalue weighted by Gasteiger charge is -2.36. The number of methoxy groups -OCH3 is 2. The Kier molecular flexibility index (Phi) is 7.47. The van der Waals surface area contributed by atoms with Crippen molar-refractivity contribution in [1.82, 2.24) is 19.7 Å². The Morgan fingerprint density at radius 1 is 0.737 bits per heavy atom. The van der Waals surface area contributed by atoms with Crippen LogP contribution in [0.1, 0.15) is 22.5 Å². The summed E-state index contributed by atoms with van der Waals surface area (Å²) in [5.74, 6) is 2.82. The van der Waals surface area contributed by atoms with E-state index in [1.165, 1.54) is 0 Å². The number of pyridine rings is 1. The maximum Gasteiger partial charge on any atom is 0.181 e. The number of benzene rings is 3. The lowest BCUT2D eigenvalue weighted by Crippen LogP contribution is -2.33. The van der Waals surface area contributed by atoms with E-state index in [0.717, 1.165) is 33.8 Å². The van der Waals surface area contributed by atoms with Gasteiger partial charge in [0.15, 0.2) is 11.6 Å². The summed E-state index contributed by atoms with van der Waals surface area (Å²) >= 11 is 0. The van der Waals surface area contributed by atoms with E-state index >= 15 is 0 Å². The summed E-state index contributed by atoms with van der Waals surface area (Å²) in [6.45, 7) is 4.66. The van der Waals surface area contributed by atoms with Crippen LogP contribution in [0.3, 0.4) is 0 Å². The van der Waals surface area contributed by atoms with Crippen LogP contribution in [-0.4, -0.2) is 34.0 Å². The van der Waals surface area contributed by atoms with Crippen molar-refractivity contribution in [3.63, 3.8) is 0 Å². The zero-order valence-corrected chi connectivity index (χ0v) is 21.4. The Morgan fingerprint density at radius 2 is 1.29 bits per heavy atom. The van der Waals surface area contributed by atoms with Crippen LogP contribution in [0.4, 0.5) is 0 Å². The van der Waals surface area contributed by atoms with E-state index in [9.17, 15) is 0 Å². The highest BCUT2D eigenvalue weighted by Crippen LogP contribution is 2.42. The number of ether oxygens (including phenoxy) is 3. The first kappa shape index (κ1) is 25.2. The van der Waals surface area contributed by atoms with E-state index in [0.29, 0.717) is 18.2 Å². The monoisotopic (exact) mass is 505 g/mol. The second-order valence-corrected chi connectivity index (χ2v) is 8.60. The summed E-state index contributed by atoms with van der Waals surface area (Å²) < 4.78 is 19.6. The molecule has 0 saturated heterocycles. The molecule has 7 nitrogen and oxygen atoms in total. The van der Waals surface area contributed by atoms with Crippen LogP contribution in [0, 0.1) is 6.92 Å². The average Bonchev–Trinajstić information content (AvgIpc) is 3.42. The van der Waals surface area contributed by atoms with Gasteiger partial charge in [-0.1, -0.05) is 54.6 Å². The average molecular weight is 506 g/mol. The van der Waals surface area contributed by atoms with Crippen LogP contribution >= 0.6 is 0 Å². The molecule has 7 heteroatoms. The summed E-state index contributed by atoms with van der Waals surface area (Å²) in [5.41, 5.74) is 2.81. The summed E-state index contributed by atoms with van der Waals surface area (Å²) in [4.78, 5) is 8.91. The fourth-order valence-electron chi connectivity index (χ4n) is 4.53. The Labute approximate surface area is 222 Å². The van der Waals surface area contributed by atoms with Crippen molar-refractivity contribution < 1.29 is 14.2 Å². The predicted octanol–water partition coefficient (Wildman–Crippen LogP) is 5.70. The lowest BCUT2D eigenvalue weighted by atomic mass is 9.80. The molecule has 0 N–H and O–H groups in total. The Hall–Kier alpha value is -4.49. The highest BCUT2D eigenvalue weighted by molar-refractivity contribution is 5.53. The largest absolute Gasteiger partial charge is 0.497 e. The van der Waals surface area contributed by atoms with Crippen LogP contribution in [0.15, 0.2) is 103 Å². The molecular weight excluding hydrogens is 476 g/mol. The summed E-state index contributed by atoms with van der Waals surface area (Å²) in [7, 11) is 3.32. The van der Waals surface area contributed by atoms with Crippen LogP contribution in [-0.2, 0) is 23.5 Å². The molecule has 1 radical (unpaired) electrons. The Bertz CT molecular complexity index is 1400. The Balaban J connectivity index is 1.63. The number of aromatic nitrogens is 4. The molecule has 0 fully saturated rings. The summed E-state index contributed by atoms with van der Waals surface area (Å²) in [5, 5.41) is 4.67. The molecule has 191 valence electrons. The Morgan fingerprint density at radius 3 is 1.82 bits per heavy atom. The van der Waals surface area contributed by atoms with Crippen LogP contribution in [0.25, 0.3) is 11.4 Å². The first-order chi connectivity index (χ1) is 18.7. The van der Waals surface area contributed by atoms with Gasteiger partial charge in [0.05, 0.1) is 14.2 Å². The van der Waals surface area contributed by atoms with Gasteiger partial charge < -0.3 is 14.2 Å². The van der Waals surface area contributed by atoms with E-state index < -0.39 is 5.60 Å². The third-order valence-corrected chi connectivity index (χ3v) is 6.49. The molecule has 0 amide bonds. The molecule has 0 bridgehead atoms. The van der Waals surface area contributed by atoms with Crippen molar-refractivity contribution in [2.45, 2.75) is 18.8 Å². The zero-order valence-electron chi connectivity index (χ0n) is 21.4. The first-order valence-electron chi connectivity index (χ1n) is 12.3. The van der Waals surface area contributed by atoms with Crippen molar-refractivity contribution in [3.8, 4) is 22.9 Å². The van der Waals surface area contributed by atoms with E-state index in [-0.39, 0.29) is 6.61 Å². The number of rotatable bonds is 10. The van der Waals surface area contributed by atoms with Gasteiger partial charge in [0.2, 0.25) is 0 Å². The number of nitrogens with zero attached hydrogens (tertiary/aromatic N) is 4. The van der Waals surface area contributed by atoms with Gasteiger partial charge in [0, 0.05) is 24.5 Å². The molecule has 0 aliphatic heterocycles. The van der Waals surface area contributed by atoms with Crippen molar-refractivity contribution in [3.05, 3.63) is 133 Å². The van der Waals surface area contributed by atoms with Gasteiger partial charge in [-0.25, -0.2) is 9.67 Å². The van der Waals surface area contributed by atoms with Gasteiger partial charge in [-0.3, -0.25) is 4.98 Å². The molecule has 0 aliphatic carbocycles. The molecule has 2 aromatic heterocycles. The standard InChI is InChI=1S/C31H29N4O3/c1-4-35-29(33-30(34-35)23-18-20-32-21-19-23)22-38-31(24-8-6-5-7-9-24,25-10-14-27(36-2)15-11-25)26-12-16-28(37-3)17-13-26/h5-21H,1,4,22H2,2-3H3. The van der Waals surface area contributed by atoms with Crippen LogP contribution in [0.2, 0.25) is 0 Å². The molecule has 5 rings (SSSR count). The summed E-state index contributed by atoms with van der Waals surface area (Å²) in [6, 6.07) is 29.8. The zero-order chi connectivity index (χ0) is 26.4.